The van der Waals surface area contributed by atoms with E-state index in [0.29, 0.717) is 11.6 Å². The second-order valence-corrected chi connectivity index (χ2v) is 9.45. The van der Waals surface area contributed by atoms with Gasteiger partial charge < -0.3 is 9.80 Å². The molecule has 2 aromatic carbocycles. The zero-order valence-electron chi connectivity index (χ0n) is 19.0. The van der Waals surface area contributed by atoms with Gasteiger partial charge in [-0.2, -0.15) is 5.10 Å². The van der Waals surface area contributed by atoms with Crippen LogP contribution in [-0.2, 0) is 13.0 Å². The van der Waals surface area contributed by atoms with Crippen LogP contribution in [0.1, 0.15) is 34.5 Å². The zero-order valence-corrected chi connectivity index (χ0v) is 19.0. The number of carbonyl (C=O) groups is 1. The van der Waals surface area contributed by atoms with Crippen molar-refractivity contribution in [3.63, 3.8) is 0 Å². The Morgan fingerprint density at radius 3 is 2.38 bits per heavy atom. The number of para-hydroxylation sites is 1. The molecule has 5 rings (SSSR count). The van der Waals surface area contributed by atoms with E-state index in [9.17, 15) is 4.79 Å². The first-order chi connectivity index (χ1) is 15.7. The molecule has 2 aliphatic rings. The number of amides is 1. The number of hydrogen-bond donors (Lipinski definition) is 1. The fourth-order valence-corrected chi connectivity index (χ4v) is 4.99. The quantitative estimate of drug-likeness (QED) is 0.673. The minimum Gasteiger partial charge on any atom is -0.337 e. The standard InChI is InChI=1S/C26H33N5O/c1-29-14-16-30(17-15-29)19-22-8-6-20(7-9-22)18-21-10-12-31(13-11-21)26(32)25-23-4-2-3-5-24(23)27-28-25/h2-9,21H,10-19H2,1H3,(H,27,28). The van der Waals surface area contributed by atoms with Crippen molar-refractivity contribution < 1.29 is 4.79 Å². The average Bonchev–Trinajstić information content (AvgIpc) is 3.26. The molecule has 0 spiro atoms. The summed E-state index contributed by atoms with van der Waals surface area (Å²) >= 11 is 0. The smallest absolute Gasteiger partial charge is 0.274 e. The number of piperazine rings is 1. The molecule has 3 aromatic rings. The number of nitrogens with one attached hydrogen (secondary N) is 1. The molecule has 168 valence electrons. The van der Waals surface area contributed by atoms with Crippen LogP contribution in [0.15, 0.2) is 48.5 Å². The second kappa shape index (κ2) is 9.43. The van der Waals surface area contributed by atoms with Gasteiger partial charge in [0.25, 0.3) is 5.91 Å². The average molecular weight is 432 g/mol. The summed E-state index contributed by atoms with van der Waals surface area (Å²) in [7, 11) is 2.20. The molecule has 1 aromatic heterocycles. The summed E-state index contributed by atoms with van der Waals surface area (Å²) in [4.78, 5) is 19.9. The van der Waals surface area contributed by atoms with Gasteiger partial charge in [0, 0.05) is 51.2 Å². The van der Waals surface area contributed by atoms with Crippen LogP contribution >= 0.6 is 0 Å². The lowest BCUT2D eigenvalue weighted by molar-refractivity contribution is 0.0686. The van der Waals surface area contributed by atoms with Crippen molar-refractivity contribution in [2.75, 3.05) is 46.3 Å². The Morgan fingerprint density at radius 2 is 1.62 bits per heavy atom. The lowest BCUT2D eigenvalue weighted by Crippen LogP contribution is -2.43. The zero-order chi connectivity index (χ0) is 21.9. The number of aromatic amines is 1. The van der Waals surface area contributed by atoms with Gasteiger partial charge in [0.1, 0.15) is 0 Å². The third-order valence-corrected chi connectivity index (χ3v) is 7.12. The van der Waals surface area contributed by atoms with Crippen molar-refractivity contribution in [1.29, 1.82) is 0 Å². The highest BCUT2D eigenvalue weighted by Crippen LogP contribution is 2.25. The maximum atomic E-state index is 13.0. The van der Waals surface area contributed by atoms with E-state index in [4.69, 9.17) is 0 Å². The van der Waals surface area contributed by atoms with E-state index >= 15 is 0 Å². The monoisotopic (exact) mass is 431 g/mol. The van der Waals surface area contributed by atoms with Crippen LogP contribution in [0.3, 0.4) is 0 Å². The van der Waals surface area contributed by atoms with Gasteiger partial charge in [-0.1, -0.05) is 42.5 Å². The molecule has 6 nitrogen and oxygen atoms in total. The Balaban J connectivity index is 1.12. The molecule has 2 saturated heterocycles. The summed E-state index contributed by atoms with van der Waals surface area (Å²) in [5.74, 6) is 0.688. The van der Waals surface area contributed by atoms with Gasteiger partial charge in [0.15, 0.2) is 5.69 Å². The molecule has 0 atom stereocenters. The summed E-state index contributed by atoms with van der Waals surface area (Å²) in [6.07, 6.45) is 3.20. The van der Waals surface area contributed by atoms with E-state index in [0.717, 1.165) is 76.0 Å². The molecule has 0 saturated carbocycles. The maximum absolute atomic E-state index is 13.0. The first-order valence-corrected chi connectivity index (χ1v) is 11.9. The third-order valence-electron chi connectivity index (χ3n) is 7.12. The van der Waals surface area contributed by atoms with E-state index in [1.807, 2.05) is 29.2 Å². The SMILES string of the molecule is CN1CCN(Cc2ccc(CC3CCN(C(=O)c4n[nH]c5ccccc45)CC3)cc2)CC1. The largest absolute Gasteiger partial charge is 0.337 e. The predicted molar refractivity (Wildman–Crippen MR) is 128 cm³/mol. The molecule has 0 bridgehead atoms. The van der Waals surface area contributed by atoms with Crippen LogP contribution in [0.2, 0.25) is 0 Å². The Kier molecular flexibility index (Phi) is 6.23. The van der Waals surface area contributed by atoms with E-state index in [1.165, 1.54) is 11.1 Å². The Bertz CT molecular complexity index is 1040. The van der Waals surface area contributed by atoms with E-state index < -0.39 is 0 Å². The molecule has 0 unspecified atom stereocenters. The highest BCUT2D eigenvalue weighted by atomic mass is 16.2. The van der Waals surface area contributed by atoms with Crippen LogP contribution in [0, 0.1) is 5.92 Å². The van der Waals surface area contributed by atoms with Crippen LogP contribution in [0.4, 0.5) is 0 Å². The van der Waals surface area contributed by atoms with E-state index in [1.54, 1.807) is 0 Å². The van der Waals surface area contributed by atoms with Crippen molar-refractivity contribution in [2.45, 2.75) is 25.8 Å². The van der Waals surface area contributed by atoms with Crippen molar-refractivity contribution in [1.82, 2.24) is 24.9 Å². The molecule has 6 heteroatoms. The lowest BCUT2D eigenvalue weighted by atomic mass is 9.89. The molecule has 2 aliphatic heterocycles. The summed E-state index contributed by atoms with van der Waals surface area (Å²) in [5.41, 5.74) is 4.29. The second-order valence-electron chi connectivity index (χ2n) is 9.45. The first-order valence-electron chi connectivity index (χ1n) is 11.9. The number of H-pyrrole nitrogens is 1. The van der Waals surface area contributed by atoms with Gasteiger partial charge in [-0.3, -0.25) is 14.8 Å². The molecule has 0 radical (unpaired) electrons. The molecular formula is C26H33N5O. The molecule has 2 fully saturated rings. The number of aromatic nitrogens is 2. The summed E-state index contributed by atoms with van der Waals surface area (Å²) in [5, 5.41) is 8.18. The molecule has 32 heavy (non-hydrogen) atoms. The van der Waals surface area contributed by atoms with Crippen LogP contribution < -0.4 is 0 Å². The van der Waals surface area contributed by atoms with Gasteiger partial charge in [-0.15, -0.1) is 0 Å². The fraction of sp³-hybridized carbons (Fsp3) is 0.462. The molecule has 1 amide bonds. The highest BCUT2D eigenvalue weighted by Gasteiger charge is 2.26. The number of nitrogens with zero attached hydrogens (tertiary/aromatic N) is 4. The highest BCUT2D eigenvalue weighted by molar-refractivity contribution is 6.04. The molecular weight excluding hydrogens is 398 g/mol. The predicted octanol–water partition coefficient (Wildman–Crippen LogP) is 3.41. The number of likely N-dealkylation sites (N-methyl/N-ethyl adjacent to an activating group) is 1. The Labute approximate surface area is 190 Å². The van der Waals surface area contributed by atoms with Crippen molar-refractivity contribution in [3.8, 4) is 0 Å². The normalized spacial score (nSPS) is 19.0. The number of likely N-dealkylation sites (tertiary alicyclic amines) is 1. The van der Waals surface area contributed by atoms with E-state index in [2.05, 4.69) is 51.3 Å². The first kappa shape index (κ1) is 21.2. The van der Waals surface area contributed by atoms with Crippen molar-refractivity contribution in [2.24, 2.45) is 5.92 Å². The summed E-state index contributed by atoms with van der Waals surface area (Å²) in [6, 6.07) is 17.0. The number of benzene rings is 2. The van der Waals surface area contributed by atoms with Gasteiger partial charge in [0.05, 0.1) is 5.52 Å². The van der Waals surface area contributed by atoms with Crippen LogP contribution in [0.25, 0.3) is 10.9 Å². The minimum absolute atomic E-state index is 0.0501. The van der Waals surface area contributed by atoms with Gasteiger partial charge in [-0.05, 0) is 49.4 Å². The van der Waals surface area contributed by atoms with Crippen LogP contribution in [0.5, 0.6) is 0 Å². The lowest BCUT2D eigenvalue weighted by Gasteiger charge is -2.32. The van der Waals surface area contributed by atoms with Gasteiger partial charge in [-0.25, -0.2) is 0 Å². The Hall–Kier alpha value is -2.70. The third kappa shape index (κ3) is 4.71. The topological polar surface area (TPSA) is 55.5 Å². The minimum atomic E-state index is 0.0501. The summed E-state index contributed by atoms with van der Waals surface area (Å²) < 4.78 is 0. The number of rotatable bonds is 5. The Morgan fingerprint density at radius 1 is 0.938 bits per heavy atom. The fourth-order valence-electron chi connectivity index (χ4n) is 4.99. The van der Waals surface area contributed by atoms with Gasteiger partial charge >= 0.3 is 0 Å². The number of carbonyl (C=O) groups excluding carboxylic acids is 1. The number of piperidine rings is 1. The van der Waals surface area contributed by atoms with Gasteiger partial charge in [0.2, 0.25) is 0 Å². The number of fused-ring (bicyclic) bond motifs is 1. The van der Waals surface area contributed by atoms with Crippen LogP contribution in [-0.4, -0.2) is 77.1 Å². The number of hydrogen-bond acceptors (Lipinski definition) is 4. The molecule has 0 aliphatic carbocycles. The molecule has 1 N–H and O–H groups in total. The van der Waals surface area contributed by atoms with Crippen molar-refractivity contribution >= 4 is 16.8 Å². The van der Waals surface area contributed by atoms with E-state index in [-0.39, 0.29) is 5.91 Å². The van der Waals surface area contributed by atoms with Crippen molar-refractivity contribution in [3.05, 3.63) is 65.4 Å². The summed E-state index contributed by atoms with van der Waals surface area (Å²) in [6.45, 7) is 7.31. The molecule has 3 heterocycles. The maximum Gasteiger partial charge on any atom is 0.274 e.